The Labute approximate surface area is 135 Å². The maximum atomic E-state index is 10.9. The van der Waals surface area contributed by atoms with Crippen LogP contribution in [0.25, 0.3) is 11.3 Å². The van der Waals surface area contributed by atoms with Crippen LogP contribution in [0.3, 0.4) is 0 Å². The first-order chi connectivity index (χ1) is 11.2. The molecule has 1 aliphatic heterocycles. The minimum Gasteiger partial charge on any atom is -0.492 e. The second-order valence-corrected chi connectivity index (χ2v) is 5.80. The van der Waals surface area contributed by atoms with Crippen LogP contribution in [0.2, 0.25) is 0 Å². The highest BCUT2D eigenvalue weighted by atomic mass is 16.5. The first-order valence-electron chi connectivity index (χ1n) is 7.90. The number of rotatable bonds is 6. The van der Waals surface area contributed by atoms with Crippen molar-refractivity contribution in [2.45, 2.75) is 12.8 Å². The molecule has 0 unspecified atom stereocenters. The first-order valence-corrected chi connectivity index (χ1v) is 7.90. The molecule has 2 aromatic rings. The van der Waals surface area contributed by atoms with Crippen molar-refractivity contribution in [3.63, 3.8) is 0 Å². The van der Waals surface area contributed by atoms with Gasteiger partial charge in [-0.1, -0.05) is 0 Å². The molecule has 1 saturated heterocycles. The Bertz CT molecular complexity index is 617. The molecule has 0 aliphatic carbocycles. The summed E-state index contributed by atoms with van der Waals surface area (Å²) in [6.07, 6.45) is 3.19. The molecule has 23 heavy (non-hydrogen) atoms. The van der Waals surface area contributed by atoms with Gasteiger partial charge in [-0.2, -0.15) is 5.10 Å². The molecule has 6 heteroatoms. The minimum absolute atomic E-state index is 0.179. The van der Waals surface area contributed by atoms with Crippen molar-refractivity contribution >= 4 is 5.97 Å². The van der Waals surface area contributed by atoms with Gasteiger partial charge in [-0.3, -0.25) is 14.8 Å². The fraction of sp³-hybridized carbons (Fsp3) is 0.412. The van der Waals surface area contributed by atoms with E-state index in [4.69, 9.17) is 9.84 Å². The van der Waals surface area contributed by atoms with Gasteiger partial charge in [-0.25, -0.2) is 0 Å². The maximum absolute atomic E-state index is 10.9. The zero-order valence-corrected chi connectivity index (χ0v) is 12.9. The lowest BCUT2D eigenvalue weighted by atomic mass is 9.97. The summed E-state index contributed by atoms with van der Waals surface area (Å²) in [5.41, 5.74) is 2.06. The number of piperidine rings is 1. The number of aromatic nitrogens is 2. The quantitative estimate of drug-likeness (QED) is 0.855. The highest BCUT2D eigenvalue weighted by molar-refractivity contribution is 5.70. The van der Waals surface area contributed by atoms with Crippen molar-refractivity contribution < 1.29 is 14.6 Å². The van der Waals surface area contributed by atoms with Gasteiger partial charge in [0.1, 0.15) is 12.4 Å². The first kappa shape index (κ1) is 15.6. The Kier molecular flexibility index (Phi) is 4.92. The molecule has 2 N–H and O–H groups in total. The molecule has 1 aromatic heterocycles. The summed E-state index contributed by atoms with van der Waals surface area (Å²) >= 11 is 0. The number of benzene rings is 1. The number of aliphatic carboxylic acids is 1. The third kappa shape index (κ3) is 4.10. The van der Waals surface area contributed by atoms with Crippen LogP contribution in [-0.2, 0) is 4.79 Å². The van der Waals surface area contributed by atoms with Gasteiger partial charge >= 0.3 is 5.97 Å². The van der Waals surface area contributed by atoms with E-state index in [0.29, 0.717) is 6.61 Å². The highest BCUT2D eigenvalue weighted by Crippen LogP contribution is 2.20. The van der Waals surface area contributed by atoms with Crippen molar-refractivity contribution in [1.29, 1.82) is 0 Å². The van der Waals surface area contributed by atoms with Crippen LogP contribution < -0.4 is 4.74 Å². The Balaban J connectivity index is 1.42. The molecule has 0 bridgehead atoms. The van der Waals surface area contributed by atoms with E-state index >= 15 is 0 Å². The zero-order chi connectivity index (χ0) is 16.1. The number of hydrogen-bond donors (Lipinski definition) is 2. The van der Waals surface area contributed by atoms with Crippen LogP contribution in [0.15, 0.2) is 36.5 Å². The Morgan fingerprint density at radius 2 is 2.00 bits per heavy atom. The van der Waals surface area contributed by atoms with Gasteiger partial charge < -0.3 is 9.84 Å². The smallest absolute Gasteiger partial charge is 0.306 e. The van der Waals surface area contributed by atoms with Gasteiger partial charge in [0.15, 0.2) is 0 Å². The zero-order valence-electron chi connectivity index (χ0n) is 12.9. The second kappa shape index (κ2) is 7.28. The van der Waals surface area contributed by atoms with E-state index in [1.165, 1.54) is 0 Å². The molecule has 1 aromatic carbocycles. The van der Waals surface area contributed by atoms with Gasteiger partial charge in [-0.15, -0.1) is 0 Å². The molecule has 0 atom stereocenters. The fourth-order valence-electron chi connectivity index (χ4n) is 2.84. The normalized spacial score (nSPS) is 16.3. The Morgan fingerprint density at radius 3 is 2.61 bits per heavy atom. The predicted molar refractivity (Wildman–Crippen MR) is 86.3 cm³/mol. The molecule has 0 saturated carbocycles. The number of carboxylic acids is 1. The van der Waals surface area contributed by atoms with Crippen LogP contribution >= 0.6 is 0 Å². The molecule has 1 aliphatic rings. The van der Waals surface area contributed by atoms with Crippen LogP contribution in [0, 0.1) is 5.92 Å². The van der Waals surface area contributed by atoms with E-state index < -0.39 is 5.97 Å². The van der Waals surface area contributed by atoms with Gasteiger partial charge in [0.2, 0.25) is 0 Å². The fourth-order valence-corrected chi connectivity index (χ4v) is 2.84. The number of carboxylic acid groups (broad SMARTS) is 1. The third-order valence-corrected chi connectivity index (χ3v) is 4.28. The van der Waals surface area contributed by atoms with Crippen molar-refractivity contribution in [3.05, 3.63) is 36.5 Å². The van der Waals surface area contributed by atoms with E-state index in [2.05, 4.69) is 15.1 Å². The topological polar surface area (TPSA) is 78.4 Å². The number of aromatic amines is 1. The van der Waals surface area contributed by atoms with Gasteiger partial charge in [0, 0.05) is 12.7 Å². The van der Waals surface area contributed by atoms with E-state index in [1.807, 2.05) is 30.3 Å². The number of H-pyrrole nitrogens is 1. The molecule has 1 fully saturated rings. The van der Waals surface area contributed by atoms with Crippen molar-refractivity contribution in [2.75, 3.05) is 26.2 Å². The van der Waals surface area contributed by atoms with E-state index in [-0.39, 0.29) is 5.92 Å². The summed E-state index contributed by atoms with van der Waals surface area (Å²) in [5.74, 6) is -0.00543. The summed E-state index contributed by atoms with van der Waals surface area (Å²) in [6, 6.07) is 9.83. The molecule has 0 amide bonds. The molecular weight excluding hydrogens is 294 g/mol. The maximum Gasteiger partial charge on any atom is 0.306 e. The summed E-state index contributed by atoms with van der Waals surface area (Å²) < 4.78 is 5.77. The van der Waals surface area contributed by atoms with Gasteiger partial charge in [0.25, 0.3) is 0 Å². The van der Waals surface area contributed by atoms with Crippen molar-refractivity contribution in [1.82, 2.24) is 15.1 Å². The largest absolute Gasteiger partial charge is 0.492 e. The number of likely N-dealkylation sites (tertiary alicyclic amines) is 1. The van der Waals surface area contributed by atoms with Crippen LogP contribution in [0.5, 0.6) is 5.75 Å². The lowest BCUT2D eigenvalue weighted by Gasteiger charge is -2.29. The third-order valence-electron chi connectivity index (χ3n) is 4.28. The van der Waals surface area contributed by atoms with Crippen molar-refractivity contribution in [2.24, 2.45) is 5.92 Å². The highest BCUT2D eigenvalue weighted by Gasteiger charge is 2.24. The molecule has 3 rings (SSSR count). The standard InChI is InChI=1S/C17H21N3O3/c21-17(22)14-6-9-20(10-7-14)11-12-23-15-3-1-13(2-4-15)16-5-8-18-19-16/h1-5,8,14H,6-7,9-12H2,(H,18,19)(H,21,22). The van der Waals surface area contributed by atoms with Crippen LogP contribution in [-0.4, -0.2) is 52.4 Å². The molecule has 6 nitrogen and oxygen atoms in total. The number of ether oxygens (including phenoxy) is 1. The van der Waals surface area contributed by atoms with E-state index in [1.54, 1.807) is 6.20 Å². The average Bonchev–Trinajstić information content (AvgIpc) is 3.10. The lowest BCUT2D eigenvalue weighted by Crippen LogP contribution is -2.38. The second-order valence-electron chi connectivity index (χ2n) is 5.80. The molecule has 0 spiro atoms. The number of nitrogens with one attached hydrogen (secondary N) is 1. The number of nitrogens with zero attached hydrogens (tertiary/aromatic N) is 2. The summed E-state index contributed by atoms with van der Waals surface area (Å²) in [5, 5.41) is 15.9. The SMILES string of the molecule is O=C(O)C1CCN(CCOc2ccc(-c3ccn[nH]3)cc2)CC1. The Hall–Kier alpha value is -2.34. The van der Waals surface area contributed by atoms with Crippen LogP contribution in [0.4, 0.5) is 0 Å². The van der Waals surface area contributed by atoms with Crippen molar-refractivity contribution in [3.8, 4) is 17.0 Å². The molecule has 0 radical (unpaired) electrons. The average molecular weight is 315 g/mol. The number of carbonyl (C=O) groups is 1. The van der Waals surface area contributed by atoms with Gasteiger partial charge in [0.05, 0.1) is 11.6 Å². The van der Waals surface area contributed by atoms with E-state index in [9.17, 15) is 4.79 Å². The minimum atomic E-state index is -0.668. The molecule has 2 heterocycles. The predicted octanol–water partition coefficient (Wildman–Crippen LogP) is 2.25. The summed E-state index contributed by atoms with van der Waals surface area (Å²) in [4.78, 5) is 13.2. The van der Waals surface area contributed by atoms with Crippen LogP contribution in [0.1, 0.15) is 12.8 Å². The summed E-state index contributed by atoms with van der Waals surface area (Å²) in [7, 11) is 0. The van der Waals surface area contributed by atoms with Gasteiger partial charge in [-0.05, 0) is 61.8 Å². The monoisotopic (exact) mass is 315 g/mol. The lowest BCUT2D eigenvalue weighted by molar-refractivity contribution is -0.143. The van der Waals surface area contributed by atoms with E-state index in [0.717, 1.165) is 49.5 Å². The Morgan fingerprint density at radius 1 is 1.26 bits per heavy atom. The number of hydrogen-bond acceptors (Lipinski definition) is 4. The molecular formula is C17H21N3O3. The summed E-state index contributed by atoms with van der Waals surface area (Å²) in [6.45, 7) is 3.11. The molecule has 122 valence electrons.